The molecule has 0 spiro atoms. The van der Waals surface area contributed by atoms with Crippen molar-refractivity contribution < 1.29 is 4.79 Å². The summed E-state index contributed by atoms with van der Waals surface area (Å²) in [7, 11) is 0. The Morgan fingerprint density at radius 2 is 2.11 bits per heavy atom. The highest BCUT2D eigenvalue weighted by molar-refractivity contribution is 6.34. The fourth-order valence-corrected chi connectivity index (χ4v) is 2.93. The lowest BCUT2D eigenvalue weighted by Crippen LogP contribution is -2.33. The molecule has 2 heterocycles. The van der Waals surface area contributed by atoms with Gasteiger partial charge in [-0.15, -0.1) is 0 Å². The summed E-state index contributed by atoms with van der Waals surface area (Å²) in [6, 6.07) is 7.96. The molecule has 19 heavy (non-hydrogen) atoms. The number of halogens is 1. The standard InChI is InChI=1S/C15H15ClN2O/c1-10-5-4-8-18(10)15(19)13-9-17-14(16)12-7-3-2-6-11(12)13/h2-3,6-7,9-10H,4-5,8H2,1H3. The molecule has 0 N–H and O–H groups in total. The maximum absolute atomic E-state index is 12.6. The molecule has 1 aromatic heterocycles. The predicted octanol–water partition coefficient (Wildman–Crippen LogP) is 3.51. The van der Waals surface area contributed by atoms with Gasteiger partial charge in [-0.25, -0.2) is 4.98 Å². The monoisotopic (exact) mass is 274 g/mol. The Balaban J connectivity index is 2.10. The topological polar surface area (TPSA) is 33.2 Å². The predicted molar refractivity (Wildman–Crippen MR) is 76.5 cm³/mol. The van der Waals surface area contributed by atoms with Crippen LogP contribution in [-0.4, -0.2) is 28.4 Å². The van der Waals surface area contributed by atoms with Crippen LogP contribution < -0.4 is 0 Å². The molecule has 1 saturated heterocycles. The molecule has 0 radical (unpaired) electrons. The zero-order chi connectivity index (χ0) is 13.4. The van der Waals surface area contributed by atoms with E-state index in [1.165, 1.54) is 0 Å². The first-order chi connectivity index (χ1) is 9.18. The van der Waals surface area contributed by atoms with Crippen LogP contribution in [0.1, 0.15) is 30.1 Å². The lowest BCUT2D eigenvalue weighted by atomic mass is 10.1. The summed E-state index contributed by atoms with van der Waals surface area (Å²) in [5, 5.41) is 2.16. The minimum Gasteiger partial charge on any atom is -0.336 e. The molecule has 0 aliphatic carbocycles. The summed E-state index contributed by atoms with van der Waals surface area (Å²) in [6.07, 6.45) is 3.74. The second kappa shape index (κ2) is 4.82. The fraction of sp³-hybridized carbons (Fsp3) is 0.333. The molecular weight excluding hydrogens is 260 g/mol. The number of carbonyl (C=O) groups is 1. The highest BCUT2D eigenvalue weighted by Gasteiger charge is 2.27. The number of likely N-dealkylation sites (tertiary alicyclic amines) is 1. The smallest absolute Gasteiger partial charge is 0.256 e. The molecule has 3 nitrogen and oxygen atoms in total. The molecule has 1 aliphatic heterocycles. The van der Waals surface area contributed by atoms with Crippen LogP contribution in [0.2, 0.25) is 5.15 Å². The van der Waals surface area contributed by atoms with E-state index in [4.69, 9.17) is 11.6 Å². The van der Waals surface area contributed by atoms with Gasteiger partial charge in [0.25, 0.3) is 5.91 Å². The number of amides is 1. The molecular formula is C15H15ClN2O. The van der Waals surface area contributed by atoms with Gasteiger partial charge in [-0.3, -0.25) is 4.79 Å². The summed E-state index contributed by atoms with van der Waals surface area (Å²) < 4.78 is 0. The number of carbonyl (C=O) groups excluding carboxylic acids is 1. The number of fused-ring (bicyclic) bond motifs is 1. The summed E-state index contributed by atoms with van der Waals surface area (Å²) >= 11 is 6.09. The van der Waals surface area contributed by atoms with Crippen molar-refractivity contribution in [2.75, 3.05) is 6.54 Å². The number of nitrogens with zero attached hydrogens (tertiary/aromatic N) is 2. The van der Waals surface area contributed by atoms with Gasteiger partial charge >= 0.3 is 0 Å². The van der Waals surface area contributed by atoms with Gasteiger partial charge in [0, 0.05) is 24.2 Å². The van der Waals surface area contributed by atoms with Crippen molar-refractivity contribution in [1.29, 1.82) is 0 Å². The third-order valence-electron chi connectivity index (χ3n) is 3.79. The van der Waals surface area contributed by atoms with Gasteiger partial charge in [0.05, 0.1) is 5.56 Å². The molecule has 0 bridgehead atoms. The Morgan fingerprint density at radius 1 is 1.37 bits per heavy atom. The van der Waals surface area contributed by atoms with E-state index in [0.29, 0.717) is 16.8 Å². The molecule has 1 aromatic carbocycles. The summed E-state index contributed by atoms with van der Waals surface area (Å²) in [6.45, 7) is 2.92. The summed E-state index contributed by atoms with van der Waals surface area (Å²) in [5.41, 5.74) is 0.647. The van der Waals surface area contributed by atoms with Crippen molar-refractivity contribution in [3.8, 4) is 0 Å². The minimum absolute atomic E-state index is 0.0605. The summed E-state index contributed by atoms with van der Waals surface area (Å²) in [4.78, 5) is 18.7. The summed E-state index contributed by atoms with van der Waals surface area (Å²) in [5.74, 6) is 0.0605. The maximum atomic E-state index is 12.6. The highest BCUT2D eigenvalue weighted by Crippen LogP contribution is 2.27. The molecule has 2 aromatic rings. The third kappa shape index (κ3) is 2.08. The normalized spacial score (nSPS) is 19.1. The Hall–Kier alpha value is -1.61. The SMILES string of the molecule is CC1CCCN1C(=O)c1cnc(Cl)c2ccccc12. The molecule has 1 fully saturated rings. The van der Waals surface area contributed by atoms with E-state index in [0.717, 1.165) is 30.2 Å². The first kappa shape index (κ1) is 12.4. The van der Waals surface area contributed by atoms with Crippen LogP contribution >= 0.6 is 11.6 Å². The Bertz CT molecular complexity index is 641. The van der Waals surface area contributed by atoms with E-state index >= 15 is 0 Å². The number of aromatic nitrogens is 1. The van der Waals surface area contributed by atoms with Crippen molar-refractivity contribution in [1.82, 2.24) is 9.88 Å². The van der Waals surface area contributed by atoms with Crippen LogP contribution in [0.3, 0.4) is 0 Å². The minimum atomic E-state index is 0.0605. The van der Waals surface area contributed by atoms with Gasteiger partial charge in [0.15, 0.2) is 0 Å². The first-order valence-electron chi connectivity index (χ1n) is 6.52. The second-order valence-electron chi connectivity index (χ2n) is 5.00. The molecule has 1 atom stereocenters. The average molecular weight is 275 g/mol. The van der Waals surface area contributed by atoms with Gasteiger partial charge in [0.1, 0.15) is 5.15 Å². The second-order valence-corrected chi connectivity index (χ2v) is 5.36. The van der Waals surface area contributed by atoms with Crippen molar-refractivity contribution in [2.45, 2.75) is 25.8 Å². The third-order valence-corrected chi connectivity index (χ3v) is 4.09. The van der Waals surface area contributed by atoms with Gasteiger partial charge in [-0.1, -0.05) is 35.9 Å². The molecule has 1 amide bonds. The van der Waals surface area contributed by atoms with E-state index in [1.54, 1.807) is 6.20 Å². The average Bonchev–Trinajstić information content (AvgIpc) is 2.85. The molecule has 98 valence electrons. The van der Waals surface area contributed by atoms with Gasteiger partial charge in [0.2, 0.25) is 0 Å². The van der Waals surface area contributed by atoms with E-state index in [-0.39, 0.29) is 5.91 Å². The van der Waals surface area contributed by atoms with Crippen molar-refractivity contribution in [2.24, 2.45) is 0 Å². The fourth-order valence-electron chi connectivity index (χ4n) is 2.72. The maximum Gasteiger partial charge on any atom is 0.256 e. The van der Waals surface area contributed by atoms with Crippen LogP contribution in [0.5, 0.6) is 0 Å². The van der Waals surface area contributed by atoms with Crippen molar-refractivity contribution in [3.05, 3.63) is 41.2 Å². The molecule has 4 heteroatoms. The van der Waals surface area contributed by atoms with E-state index in [1.807, 2.05) is 29.2 Å². The number of benzene rings is 1. The van der Waals surface area contributed by atoms with Crippen LogP contribution in [0.25, 0.3) is 10.8 Å². The first-order valence-corrected chi connectivity index (χ1v) is 6.90. The van der Waals surface area contributed by atoms with E-state index in [2.05, 4.69) is 11.9 Å². The lowest BCUT2D eigenvalue weighted by molar-refractivity contribution is 0.0749. The Kier molecular flexibility index (Phi) is 3.15. The Morgan fingerprint density at radius 3 is 2.79 bits per heavy atom. The zero-order valence-electron chi connectivity index (χ0n) is 10.8. The van der Waals surface area contributed by atoms with Crippen molar-refractivity contribution in [3.63, 3.8) is 0 Å². The number of hydrogen-bond donors (Lipinski definition) is 0. The molecule has 0 saturated carbocycles. The molecule has 1 unspecified atom stereocenters. The quantitative estimate of drug-likeness (QED) is 0.746. The molecule has 3 rings (SSSR count). The van der Waals surface area contributed by atoms with Crippen molar-refractivity contribution >= 4 is 28.3 Å². The largest absolute Gasteiger partial charge is 0.336 e. The number of rotatable bonds is 1. The lowest BCUT2D eigenvalue weighted by Gasteiger charge is -2.22. The molecule has 1 aliphatic rings. The highest BCUT2D eigenvalue weighted by atomic mass is 35.5. The number of hydrogen-bond acceptors (Lipinski definition) is 2. The van der Waals surface area contributed by atoms with Gasteiger partial charge in [-0.2, -0.15) is 0 Å². The van der Waals surface area contributed by atoms with Gasteiger partial charge < -0.3 is 4.90 Å². The van der Waals surface area contributed by atoms with Crippen LogP contribution in [0.4, 0.5) is 0 Å². The van der Waals surface area contributed by atoms with Gasteiger partial charge in [-0.05, 0) is 25.2 Å². The van der Waals surface area contributed by atoms with Crippen LogP contribution in [-0.2, 0) is 0 Å². The Labute approximate surface area is 117 Å². The van der Waals surface area contributed by atoms with Crippen LogP contribution in [0.15, 0.2) is 30.5 Å². The van der Waals surface area contributed by atoms with E-state index < -0.39 is 0 Å². The van der Waals surface area contributed by atoms with E-state index in [9.17, 15) is 4.79 Å². The number of pyridine rings is 1. The zero-order valence-corrected chi connectivity index (χ0v) is 11.5. The van der Waals surface area contributed by atoms with Crippen LogP contribution in [0, 0.1) is 0 Å².